The van der Waals surface area contributed by atoms with Gasteiger partial charge in [-0.05, 0) is 26.2 Å². The molecule has 1 fully saturated rings. The van der Waals surface area contributed by atoms with Gasteiger partial charge in [-0.25, -0.2) is 4.98 Å². The summed E-state index contributed by atoms with van der Waals surface area (Å²) < 4.78 is 1.60. The van der Waals surface area contributed by atoms with Crippen LogP contribution in [0.1, 0.15) is 33.1 Å². The molecule has 1 aromatic heterocycles. The fourth-order valence-electron chi connectivity index (χ4n) is 1.79. The number of carbonyl (C=O) groups is 1. The number of nitrogens with zero attached hydrogens (tertiary/aromatic N) is 2. The Hall–Kier alpha value is -1.85. The third kappa shape index (κ3) is 3.56. The summed E-state index contributed by atoms with van der Waals surface area (Å²) in [7, 11) is 0. The normalized spacial score (nSPS) is 15.9. The van der Waals surface area contributed by atoms with E-state index in [4.69, 9.17) is 0 Å². The van der Waals surface area contributed by atoms with E-state index in [2.05, 4.69) is 15.6 Å². The van der Waals surface area contributed by atoms with Crippen LogP contribution in [0.4, 0.5) is 5.82 Å². The number of hydrogen-bond donors (Lipinski definition) is 2. The predicted molar refractivity (Wildman–Crippen MR) is 73.0 cm³/mol. The summed E-state index contributed by atoms with van der Waals surface area (Å²) >= 11 is 0. The fraction of sp³-hybridized carbons (Fsp3) is 0.615. The van der Waals surface area contributed by atoms with Crippen molar-refractivity contribution in [1.82, 2.24) is 14.9 Å². The number of anilines is 1. The smallest absolute Gasteiger partial charge is 0.293 e. The molecule has 1 aliphatic carbocycles. The molecule has 6 nitrogen and oxygen atoms in total. The molecule has 0 aromatic carbocycles. The second-order valence-corrected chi connectivity index (χ2v) is 4.92. The van der Waals surface area contributed by atoms with Crippen LogP contribution in [0.2, 0.25) is 0 Å². The molecule has 1 atom stereocenters. The van der Waals surface area contributed by atoms with Crippen LogP contribution >= 0.6 is 0 Å². The largest absolute Gasteiger partial charge is 0.354 e. The molecule has 1 aliphatic rings. The van der Waals surface area contributed by atoms with Crippen molar-refractivity contribution in [2.24, 2.45) is 0 Å². The van der Waals surface area contributed by atoms with Gasteiger partial charge in [0.25, 0.3) is 5.56 Å². The number of hydrogen-bond acceptors (Lipinski definition) is 4. The fourth-order valence-corrected chi connectivity index (χ4v) is 1.79. The number of rotatable bonds is 6. The highest BCUT2D eigenvalue weighted by atomic mass is 16.2. The molecule has 1 saturated carbocycles. The van der Waals surface area contributed by atoms with E-state index >= 15 is 0 Å². The van der Waals surface area contributed by atoms with Gasteiger partial charge in [-0.15, -0.1) is 0 Å². The second kappa shape index (κ2) is 5.86. The number of carbonyl (C=O) groups excluding carboxylic acids is 1. The molecule has 1 heterocycles. The maximum Gasteiger partial charge on any atom is 0.293 e. The maximum absolute atomic E-state index is 12.1. The molecule has 0 radical (unpaired) electrons. The summed E-state index contributed by atoms with van der Waals surface area (Å²) in [6.45, 7) is 4.39. The molecule has 6 heteroatoms. The first kappa shape index (κ1) is 13.6. The molecule has 0 aliphatic heterocycles. The zero-order chi connectivity index (χ0) is 13.8. The first-order valence-corrected chi connectivity index (χ1v) is 6.74. The lowest BCUT2D eigenvalue weighted by atomic mass is 10.3. The Labute approximate surface area is 112 Å². The Bertz CT molecular complexity index is 508. The molecule has 2 N–H and O–H groups in total. The molecule has 1 amide bonds. The Balaban J connectivity index is 2.03. The van der Waals surface area contributed by atoms with E-state index in [0.717, 1.165) is 19.3 Å². The summed E-state index contributed by atoms with van der Waals surface area (Å²) in [5, 5.41) is 5.78. The average molecular weight is 264 g/mol. The predicted octanol–water partition coefficient (Wildman–Crippen LogP) is 0.732. The van der Waals surface area contributed by atoms with Crippen LogP contribution in [0.25, 0.3) is 0 Å². The molecule has 0 saturated heterocycles. The van der Waals surface area contributed by atoms with Gasteiger partial charge in [0, 0.05) is 25.0 Å². The van der Waals surface area contributed by atoms with Crippen LogP contribution in [-0.2, 0) is 11.3 Å². The summed E-state index contributed by atoms with van der Waals surface area (Å²) in [4.78, 5) is 27.9. The molecule has 19 heavy (non-hydrogen) atoms. The maximum atomic E-state index is 12.1. The van der Waals surface area contributed by atoms with E-state index in [1.165, 1.54) is 0 Å². The van der Waals surface area contributed by atoms with E-state index in [1.807, 2.05) is 6.92 Å². The van der Waals surface area contributed by atoms with Crippen molar-refractivity contribution in [3.05, 3.63) is 22.7 Å². The van der Waals surface area contributed by atoms with Crippen LogP contribution in [0.5, 0.6) is 0 Å². The zero-order valence-electron chi connectivity index (χ0n) is 11.3. The summed E-state index contributed by atoms with van der Waals surface area (Å²) in [6.07, 6.45) is 6.20. The number of nitrogens with one attached hydrogen (secondary N) is 2. The highest BCUT2D eigenvalue weighted by Gasteiger charge is 2.25. The van der Waals surface area contributed by atoms with Gasteiger partial charge in [0.05, 0.1) is 0 Å². The number of aromatic nitrogens is 2. The van der Waals surface area contributed by atoms with Gasteiger partial charge in [0.1, 0.15) is 6.04 Å². The van der Waals surface area contributed by atoms with Crippen LogP contribution in [0.15, 0.2) is 17.2 Å². The summed E-state index contributed by atoms with van der Waals surface area (Å²) in [5.74, 6) is 0.143. The first-order chi connectivity index (χ1) is 9.11. The van der Waals surface area contributed by atoms with E-state index in [0.29, 0.717) is 12.6 Å². The average Bonchev–Trinajstić information content (AvgIpc) is 3.18. The van der Waals surface area contributed by atoms with Gasteiger partial charge in [0.15, 0.2) is 5.82 Å². The minimum Gasteiger partial charge on any atom is -0.354 e. The van der Waals surface area contributed by atoms with Crippen molar-refractivity contribution in [1.29, 1.82) is 0 Å². The van der Waals surface area contributed by atoms with Crippen molar-refractivity contribution in [3.8, 4) is 0 Å². The van der Waals surface area contributed by atoms with E-state index in [9.17, 15) is 9.59 Å². The summed E-state index contributed by atoms with van der Waals surface area (Å²) in [6, 6.07) is -0.143. The highest BCUT2D eigenvalue weighted by Crippen LogP contribution is 2.18. The van der Waals surface area contributed by atoms with Gasteiger partial charge in [-0.2, -0.15) is 0 Å². The van der Waals surface area contributed by atoms with Crippen molar-refractivity contribution >= 4 is 11.7 Å². The minimum atomic E-state index is -0.460. The lowest BCUT2D eigenvalue weighted by Crippen LogP contribution is -2.40. The number of amides is 1. The molecule has 0 spiro atoms. The van der Waals surface area contributed by atoms with E-state index in [1.54, 1.807) is 23.9 Å². The lowest BCUT2D eigenvalue weighted by molar-refractivity contribution is -0.121. The minimum absolute atomic E-state index is 0.0883. The molecule has 104 valence electrons. The molecular formula is C13H20N4O2. The Kier molecular flexibility index (Phi) is 4.19. The Morgan fingerprint density at radius 3 is 2.95 bits per heavy atom. The van der Waals surface area contributed by atoms with Crippen molar-refractivity contribution in [3.63, 3.8) is 0 Å². The molecule has 1 aromatic rings. The molecule has 1 unspecified atom stereocenters. The topological polar surface area (TPSA) is 76.0 Å². The monoisotopic (exact) mass is 264 g/mol. The summed E-state index contributed by atoms with van der Waals surface area (Å²) in [5.41, 5.74) is -0.185. The van der Waals surface area contributed by atoms with E-state index < -0.39 is 6.04 Å². The Morgan fingerprint density at radius 2 is 2.32 bits per heavy atom. The van der Waals surface area contributed by atoms with Gasteiger partial charge >= 0.3 is 0 Å². The van der Waals surface area contributed by atoms with Crippen LogP contribution < -0.4 is 16.2 Å². The van der Waals surface area contributed by atoms with Crippen molar-refractivity contribution < 1.29 is 4.79 Å². The standard InChI is InChI=1S/C13H20N4O2/c1-3-7-17-8-6-14-11(13(17)19)15-9(2)12(18)16-10-4-5-10/h6,8-10H,3-5,7H2,1-2H3,(H,14,15)(H,16,18). The van der Waals surface area contributed by atoms with Gasteiger partial charge in [-0.3, -0.25) is 9.59 Å². The SMILES string of the molecule is CCCn1ccnc(NC(C)C(=O)NC2CC2)c1=O. The van der Waals surface area contributed by atoms with Crippen LogP contribution in [0, 0.1) is 0 Å². The quantitative estimate of drug-likeness (QED) is 0.794. The first-order valence-electron chi connectivity index (χ1n) is 6.74. The highest BCUT2D eigenvalue weighted by molar-refractivity contribution is 5.84. The molecule has 2 rings (SSSR count). The van der Waals surface area contributed by atoms with Gasteiger partial charge < -0.3 is 15.2 Å². The number of aryl methyl sites for hydroxylation is 1. The molecular weight excluding hydrogens is 244 g/mol. The third-order valence-electron chi connectivity index (χ3n) is 3.05. The third-order valence-corrected chi connectivity index (χ3v) is 3.05. The Morgan fingerprint density at radius 1 is 1.58 bits per heavy atom. The van der Waals surface area contributed by atoms with E-state index in [-0.39, 0.29) is 17.3 Å². The van der Waals surface area contributed by atoms with Crippen LogP contribution in [0.3, 0.4) is 0 Å². The van der Waals surface area contributed by atoms with Crippen LogP contribution in [-0.4, -0.2) is 27.5 Å². The van der Waals surface area contributed by atoms with Crippen molar-refractivity contribution in [2.75, 3.05) is 5.32 Å². The van der Waals surface area contributed by atoms with Gasteiger partial charge in [0.2, 0.25) is 5.91 Å². The lowest BCUT2D eigenvalue weighted by Gasteiger charge is -2.14. The second-order valence-electron chi connectivity index (χ2n) is 4.92. The van der Waals surface area contributed by atoms with Crippen molar-refractivity contribution in [2.45, 2.75) is 51.7 Å². The van der Waals surface area contributed by atoms with Gasteiger partial charge in [-0.1, -0.05) is 6.92 Å². The zero-order valence-corrected chi connectivity index (χ0v) is 11.3. The molecule has 0 bridgehead atoms.